The molecular weight excluding hydrogens is 222 g/mol. The number of carboxylic acids is 1. The summed E-state index contributed by atoms with van der Waals surface area (Å²) in [6, 6.07) is 8.95. The highest BCUT2D eigenvalue weighted by atomic mass is 32.2. The van der Waals surface area contributed by atoms with Gasteiger partial charge in [-0.3, -0.25) is 0 Å². The monoisotopic (exact) mass is 239 g/mol. The zero-order valence-electron chi connectivity index (χ0n) is 9.35. The molecule has 0 saturated heterocycles. The van der Waals surface area contributed by atoms with Gasteiger partial charge < -0.3 is 10.4 Å². The number of hydrogen-bond acceptors (Lipinski definition) is 3. The van der Waals surface area contributed by atoms with Crippen LogP contribution in [0.2, 0.25) is 0 Å². The maximum absolute atomic E-state index is 11.0. The van der Waals surface area contributed by atoms with E-state index in [2.05, 4.69) is 12.2 Å². The van der Waals surface area contributed by atoms with Crippen molar-refractivity contribution in [3.63, 3.8) is 0 Å². The van der Waals surface area contributed by atoms with Crippen LogP contribution in [0.15, 0.2) is 30.3 Å². The summed E-state index contributed by atoms with van der Waals surface area (Å²) in [6.07, 6.45) is 0.642. The van der Waals surface area contributed by atoms with Crippen molar-refractivity contribution in [3.8, 4) is 0 Å². The van der Waals surface area contributed by atoms with Crippen molar-refractivity contribution in [3.05, 3.63) is 30.3 Å². The van der Waals surface area contributed by atoms with Crippen LogP contribution in [0.25, 0.3) is 0 Å². The van der Waals surface area contributed by atoms with E-state index < -0.39 is 12.0 Å². The van der Waals surface area contributed by atoms with E-state index >= 15 is 0 Å². The standard InChI is InChI=1S/C12H17NO2S/c1-2-16-9-8-11(12(14)15)13-10-6-4-3-5-7-10/h3-7,11,13H,2,8-9H2,1H3,(H,14,15). The molecule has 2 N–H and O–H groups in total. The lowest BCUT2D eigenvalue weighted by atomic mass is 10.2. The molecule has 16 heavy (non-hydrogen) atoms. The third kappa shape index (κ3) is 4.57. The molecule has 0 radical (unpaired) electrons. The van der Waals surface area contributed by atoms with Gasteiger partial charge in [-0.25, -0.2) is 4.79 Å². The van der Waals surface area contributed by atoms with Crippen LogP contribution in [0, 0.1) is 0 Å². The number of benzene rings is 1. The summed E-state index contributed by atoms with van der Waals surface area (Å²) in [4.78, 5) is 11.0. The summed E-state index contributed by atoms with van der Waals surface area (Å²) >= 11 is 1.76. The molecule has 0 aliphatic rings. The highest BCUT2D eigenvalue weighted by molar-refractivity contribution is 7.99. The van der Waals surface area contributed by atoms with Crippen molar-refractivity contribution in [2.24, 2.45) is 0 Å². The van der Waals surface area contributed by atoms with E-state index in [1.54, 1.807) is 11.8 Å². The van der Waals surface area contributed by atoms with Gasteiger partial charge in [0.1, 0.15) is 6.04 Å². The fraction of sp³-hybridized carbons (Fsp3) is 0.417. The summed E-state index contributed by atoms with van der Waals surface area (Å²) in [5.41, 5.74) is 0.858. The highest BCUT2D eigenvalue weighted by Crippen LogP contribution is 2.11. The molecule has 0 aliphatic heterocycles. The quantitative estimate of drug-likeness (QED) is 0.718. The molecular formula is C12H17NO2S. The molecule has 1 aromatic carbocycles. The van der Waals surface area contributed by atoms with Crippen molar-refractivity contribution in [2.45, 2.75) is 19.4 Å². The Kier molecular flexibility index (Phi) is 5.78. The molecule has 1 atom stereocenters. The second kappa shape index (κ2) is 7.17. The van der Waals surface area contributed by atoms with Gasteiger partial charge in [0.2, 0.25) is 0 Å². The number of anilines is 1. The Bertz CT molecular complexity index is 316. The minimum atomic E-state index is -0.791. The summed E-state index contributed by atoms with van der Waals surface area (Å²) in [5, 5.41) is 12.1. The van der Waals surface area contributed by atoms with Gasteiger partial charge >= 0.3 is 5.97 Å². The number of nitrogens with one attached hydrogen (secondary N) is 1. The first kappa shape index (κ1) is 12.9. The van der Waals surface area contributed by atoms with Crippen molar-refractivity contribution < 1.29 is 9.90 Å². The SMILES string of the molecule is CCSCCC(Nc1ccccc1)C(=O)O. The molecule has 1 unspecified atom stereocenters. The van der Waals surface area contributed by atoms with Gasteiger partial charge in [-0.1, -0.05) is 25.1 Å². The number of rotatable bonds is 7. The summed E-state index contributed by atoms with van der Waals surface area (Å²) < 4.78 is 0. The fourth-order valence-electron chi connectivity index (χ4n) is 1.34. The first-order chi connectivity index (χ1) is 7.74. The van der Waals surface area contributed by atoms with Crippen molar-refractivity contribution in [2.75, 3.05) is 16.8 Å². The Morgan fingerprint density at radius 2 is 2.12 bits per heavy atom. The Morgan fingerprint density at radius 1 is 1.44 bits per heavy atom. The van der Waals surface area contributed by atoms with E-state index in [0.717, 1.165) is 17.2 Å². The van der Waals surface area contributed by atoms with Crippen molar-refractivity contribution >= 4 is 23.4 Å². The summed E-state index contributed by atoms with van der Waals surface area (Å²) in [5.74, 6) is 1.10. The number of carboxylic acid groups (broad SMARTS) is 1. The predicted octanol–water partition coefficient (Wildman–Crippen LogP) is 2.69. The van der Waals surface area contributed by atoms with E-state index in [4.69, 9.17) is 5.11 Å². The molecule has 1 rings (SSSR count). The highest BCUT2D eigenvalue weighted by Gasteiger charge is 2.16. The number of hydrogen-bond donors (Lipinski definition) is 2. The molecule has 0 saturated carbocycles. The van der Waals surface area contributed by atoms with Crippen molar-refractivity contribution in [1.29, 1.82) is 0 Å². The van der Waals surface area contributed by atoms with E-state index in [1.807, 2.05) is 30.3 Å². The Hall–Kier alpha value is -1.16. The first-order valence-corrected chi connectivity index (χ1v) is 6.51. The maximum Gasteiger partial charge on any atom is 0.326 e. The zero-order chi connectivity index (χ0) is 11.8. The lowest BCUT2D eigenvalue weighted by Crippen LogP contribution is -2.29. The average Bonchev–Trinajstić information content (AvgIpc) is 2.29. The molecule has 0 fully saturated rings. The normalized spacial score (nSPS) is 12.1. The summed E-state index contributed by atoms with van der Waals surface area (Å²) in [6.45, 7) is 2.07. The van der Waals surface area contributed by atoms with Gasteiger partial charge in [-0.2, -0.15) is 11.8 Å². The van der Waals surface area contributed by atoms with E-state index in [-0.39, 0.29) is 0 Å². The average molecular weight is 239 g/mol. The molecule has 1 aromatic rings. The van der Waals surface area contributed by atoms with Crippen LogP contribution in [0.1, 0.15) is 13.3 Å². The number of aliphatic carboxylic acids is 1. The van der Waals surface area contributed by atoms with Crippen LogP contribution in [0.5, 0.6) is 0 Å². The Morgan fingerprint density at radius 3 is 2.69 bits per heavy atom. The van der Waals surface area contributed by atoms with E-state index in [9.17, 15) is 4.79 Å². The number of para-hydroxylation sites is 1. The van der Waals surface area contributed by atoms with Gasteiger partial charge in [0, 0.05) is 5.69 Å². The zero-order valence-corrected chi connectivity index (χ0v) is 10.2. The smallest absolute Gasteiger partial charge is 0.326 e. The van der Waals surface area contributed by atoms with Crippen LogP contribution in [-0.4, -0.2) is 28.6 Å². The second-order valence-electron chi connectivity index (χ2n) is 3.39. The topological polar surface area (TPSA) is 49.3 Å². The fourth-order valence-corrected chi connectivity index (χ4v) is 2.03. The van der Waals surface area contributed by atoms with Gasteiger partial charge in [0.15, 0.2) is 0 Å². The van der Waals surface area contributed by atoms with Crippen LogP contribution < -0.4 is 5.32 Å². The Labute approximate surface area is 100 Å². The Balaban J connectivity index is 2.48. The number of thioether (sulfide) groups is 1. The molecule has 0 aromatic heterocycles. The minimum Gasteiger partial charge on any atom is -0.480 e. The van der Waals surface area contributed by atoms with Crippen LogP contribution in [-0.2, 0) is 4.79 Å². The van der Waals surface area contributed by atoms with Gasteiger partial charge in [-0.15, -0.1) is 0 Å². The molecule has 0 heterocycles. The molecule has 0 bridgehead atoms. The summed E-state index contributed by atoms with van der Waals surface area (Å²) in [7, 11) is 0. The van der Waals surface area contributed by atoms with Crippen LogP contribution in [0.4, 0.5) is 5.69 Å². The first-order valence-electron chi connectivity index (χ1n) is 5.36. The maximum atomic E-state index is 11.0. The number of carbonyl (C=O) groups is 1. The van der Waals surface area contributed by atoms with Crippen LogP contribution in [0.3, 0.4) is 0 Å². The molecule has 0 aliphatic carbocycles. The minimum absolute atomic E-state index is 0.499. The molecule has 4 heteroatoms. The molecule has 88 valence electrons. The molecule has 0 spiro atoms. The van der Waals surface area contributed by atoms with Gasteiger partial charge in [0.25, 0.3) is 0 Å². The van der Waals surface area contributed by atoms with Crippen LogP contribution >= 0.6 is 11.8 Å². The van der Waals surface area contributed by atoms with E-state index in [1.165, 1.54) is 0 Å². The van der Waals surface area contributed by atoms with Gasteiger partial charge in [0.05, 0.1) is 0 Å². The van der Waals surface area contributed by atoms with Gasteiger partial charge in [-0.05, 0) is 30.1 Å². The van der Waals surface area contributed by atoms with Crippen molar-refractivity contribution in [1.82, 2.24) is 0 Å². The lowest BCUT2D eigenvalue weighted by Gasteiger charge is -2.15. The second-order valence-corrected chi connectivity index (χ2v) is 4.78. The third-order valence-corrected chi connectivity index (χ3v) is 3.10. The predicted molar refractivity (Wildman–Crippen MR) is 69.1 cm³/mol. The third-order valence-electron chi connectivity index (χ3n) is 2.17. The lowest BCUT2D eigenvalue weighted by molar-refractivity contribution is -0.137. The van der Waals surface area contributed by atoms with E-state index in [0.29, 0.717) is 6.42 Å². The largest absolute Gasteiger partial charge is 0.480 e. The molecule has 3 nitrogen and oxygen atoms in total. The molecule has 0 amide bonds.